The smallest absolute Gasteiger partial charge is 0.273 e. The van der Waals surface area contributed by atoms with Crippen LogP contribution in [0.25, 0.3) is 11.3 Å². The Morgan fingerprint density at radius 1 is 1.19 bits per heavy atom. The predicted octanol–water partition coefficient (Wildman–Crippen LogP) is 2.12. The van der Waals surface area contributed by atoms with Crippen molar-refractivity contribution in [3.63, 3.8) is 0 Å². The van der Waals surface area contributed by atoms with Crippen molar-refractivity contribution in [1.82, 2.24) is 9.99 Å². The van der Waals surface area contributed by atoms with E-state index < -0.39 is 21.8 Å². The van der Waals surface area contributed by atoms with Gasteiger partial charge in [0.25, 0.3) is 5.91 Å². The van der Waals surface area contributed by atoms with E-state index in [1.165, 1.54) is 6.92 Å². The second-order valence-electron chi connectivity index (χ2n) is 7.41. The van der Waals surface area contributed by atoms with E-state index in [1.54, 1.807) is 0 Å². The molecule has 1 aromatic heterocycles. The van der Waals surface area contributed by atoms with Gasteiger partial charge in [-0.05, 0) is 6.42 Å². The van der Waals surface area contributed by atoms with Crippen LogP contribution in [0.15, 0.2) is 35.4 Å². The number of hydrogen-bond acceptors (Lipinski definition) is 8. The number of benzene rings is 1. The molecule has 2 aromatic rings. The molecule has 31 heavy (non-hydrogen) atoms. The van der Waals surface area contributed by atoms with Crippen LogP contribution >= 0.6 is 11.3 Å². The van der Waals surface area contributed by atoms with Gasteiger partial charge in [0.1, 0.15) is 5.71 Å². The van der Waals surface area contributed by atoms with Gasteiger partial charge in [0.2, 0.25) is 5.91 Å². The highest BCUT2D eigenvalue weighted by Gasteiger charge is 2.37. The lowest BCUT2D eigenvalue weighted by Crippen LogP contribution is -2.42. The van der Waals surface area contributed by atoms with Crippen molar-refractivity contribution < 1.29 is 22.8 Å². The van der Waals surface area contributed by atoms with Gasteiger partial charge in [0.15, 0.2) is 20.8 Å². The number of sulfone groups is 1. The lowest BCUT2D eigenvalue weighted by Gasteiger charge is -2.27. The van der Waals surface area contributed by atoms with E-state index >= 15 is 0 Å². The Bertz CT molecular complexity index is 1190. The number of amides is 2. The molecule has 0 unspecified atom stereocenters. The molecular weight excluding hydrogens is 440 g/mol. The molecule has 1 N–H and O–H groups in total. The molecule has 3 heterocycles. The van der Waals surface area contributed by atoms with Gasteiger partial charge in [-0.2, -0.15) is 5.10 Å². The highest BCUT2D eigenvalue weighted by atomic mass is 32.2. The highest BCUT2D eigenvalue weighted by Crippen LogP contribution is 2.31. The van der Waals surface area contributed by atoms with Crippen LogP contribution < -0.4 is 5.32 Å². The first kappa shape index (κ1) is 21.3. The predicted molar refractivity (Wildman–Crippen MR) is 117 cm³/mol. The molecule has 162 valence electrons. The summed E-state index contributed by atoms with van der Waals surface area (Å²) in [6, 6.07) is 8.64. The van der Waals surface area contributed by atoms with E-state index in [4.69, 9.17) is 0 Å². The van der Waals surface area contributed by atoms with Crippen LogP contribution in [-0.2, 0) is 19.4 Å². The van der Waals surface area contributed by atoms with Crippen molar-refractivity contribution in [1.29, 1.82) is 0 Å². The molecule has 1 fully saturated rings. The molecule has 0 saturated carbocycles. The summed E-state index contributed by atoms with van der Waals surface area (Å²) in [6.45, 7) is 1.44. The first-order valence-corrected chi connectivity index (χ1v) is 12.4. The number of carbonyl (C=O) groups is 3. The second-order valence-corrected chi connectivity index (χ2v) is 10.6. The second kappa shape index (κ2) is 8.31. The average Bonchev–Trinajstić information content (AvgIpc) is 3.32. The minimum Gasteiger partial charge on any atom is -0.297 e. The fraction of sp³-hybridized carbons (Fsp3) is 0.350. The molecule has 1 atom stereocenters. The summed E-state index contributed by atoms with van der Waals surface area (Å²) < 4.78 is 23.5. The van der Waals surface area contributed by atoms with Crippen molar-refractivity contribution in [2.75, 3.05) is 16.8 Å². The highest BCUT2D eigenvalue weighted by molar-refractivity contribution is 7.91. The summed E-state index contributed by atoms with van der Waals surface area (Å²) in [5, 5.41) is 8.22. The Morgan fingerprint density at radius 3 is 2.58 bits per heavy atom. The van der Waals surface area contributed by atoms with Crippen LogP contribution in [-0.4, -0.2) is 59.3 Å². The van der Waals surface area contributed by atoms with Crippen molar-refractivity contribution >= 4 is 49.6 Å². The molecular formula is C20H20N4O5S2. The van der Waals surface area contributed by atoms with E-state index in [2.05, 4.69) is 15.4 Å². The largest absolute Gasteiger partial charge is 0.297 e. The van der Waals surface area contributed by atoms with Gasteiger partial charge in [0, 0.05) is 25.3 Å². The summed E-state index contributed by atoms with van der Waals surface area (Å²) in [5.41, 5.74) is 1.38. The van der Waals surface area contributed by atoms with Gasteiger partial charge < -0.3 is 0 Å². The van der Waals surface area contributed by atoms with Crippen molar-refractivity contribution in [3.8, 4) is 11.3 Å². The Kier molecular flexibility index (Phi) is 5.71. The van der Waals surface area contributed by atoms with Crippen molar-refractivity contribution in [2.45, 2.75) is 32.2 Å². The number of rotatable bonds is 5. The molecule has 0 bridgehead atoms. The summed E-state index contributed by atoms with van der Waals surface area (Å²) in [5.74, 6) is -1.12. The minimum atomic E-state index is -3.20. The van der Waals surface area contributed by atoms with E-state index in [0.29, 0.717) is 17.0 Å². The number of ketones is 1. The third-order valence-corrected chi connectivity index (χ3v) is 7.91. The number of aromatic nitrogens is 1. The number of hydrazone groups is 1. The third-order valence-electron chi connectivity index (χ3n) is 5.09. The molecule has 9 nitrogen and oxygen atoms in total. The molecule has 2 aliphatic heterocycles. The molecule has 1 aromatic carbocycles. The zero-order chi connectivity index (χ0) is 22.2. The summed E-state index contributed by atoms with van der Waals surface area (Å²) in [6.07, 6.45) is 0.535. The van der Waals surface area contributed by atoms with Gasteiger partial charge in [-0.1, -0.05) is 41.7 Å². The van der Waals surface area contributed by atoms with Crippen LogP contribution in [0, 0.1) is 0 Å². The van der Waals surface area contributed by atoms with Gasteiger partial charge in [-0.25, -0.2) is 18.4 Å². The van der Waals surface area contributed by atoms with Crippen LogP contribution in [0.4, 0.5) is 5.13 Å². The zero-order valence-corrected chi connectivity index (χ0v) is 18.3. The number of anilines is 1. The first-order chi connectivity index (χ1) is 14.7. The monoisotopic (exact) mass is 460 g/mol. The first-order valence-electron chi connectivity index (χ1n) is 9.72. The molecule has 0 spiro atoms. The topological polar surface area (TPSA) is 126 Å². The fourth-order valence-corrected chi connectivity index (χ4v) is 6.13. The molecule has 0 radical (unpaired) electrons. The van der Waals surface area contributed by atoms with E-state index in [-0.39, 0.29) is 46.9 Å². The minimum absolute atomic E-state index is 0.00764. The summed E-state index contributed by atoms with van der Waals surface area (Å²) in [7, 11) is -3.20. The van der Waals surface area contributed by atoms with Crippen LogP contribution in [0.1, 0.15) is 35.9 Å². The number of hydrogen-bond donors (Lipinski definition) is 1. The zero-order valence-electron chi connectivity index (χ0n) is 16.7. The van der Waals surface area contributed by atoms with Gasteiger partial charge in [-0.3, -0.25) is 19.7 Å². The Labute approximate surface area is 183 Å². The van der Waals surface area contributed by atoms with Crippen molar-refractivity contribution in [2.24, 2.45) is 5.10 Å². The fourth-order valence-electron chi connectivity index (χ4n) is 3.56. The quantitative estimate of drug-likeness (QED) is 0.681. The number of nitrogens with one attached hydrogen (secondary N) is 1. The third kappa shape index (κ3) is 4.57. The average molecular weight is 461 g/mol. The Hall–Kier alpha value is -2.92. The van der Waals surface area contributed by atoms with Crippen LogP contribution in [0.5, 0.6) is 0 Å². The molecule has 0 aliphatic carbocycles. The molecule has 2 aliphatic rings. The lowest BCUT2D eigenvalue weighted by molar-refractivity contribution is -0.133. The van der Waals surface area contributed by atoms with Crippen LogP contribution in [0.3, 0.4) is 0 Å². The summed E-state index contributed by atoms with van der Waals surface area (Å²) >= 11 is 1.07. The van der Waals surface area contributed by atoms with E-state index in [1.807, 2.05) is 30.3 Å². The SMILES string of the molecule is CC(=O)c1sc(NC(=O)C2=NN([C@@H]3CCS(=O)(=O)C3)C(=O)CC2)nc1-c1ccccc1. The summed E-state index contributed by atoms with van der Waals surface area (Å²) in [4.78, 5) is 41.9. The van der Waals surface area contributed by atoms with Gasteiger partial charge >= 0.3 is 0 Å². The molecule has 1 saturated heterocycles. The Balaban J connectivity index is 1.56. The van der Waals surface area contributed by atoms with Crippen molar-refractivity contribution in [3.05, 3.63) is 35.2 Å². The molecule has 2 amide bonds. The van der Waals surface area contributed by atoms with Crippen LogP contribution in [0.2, 0.25) is 0 Å². The molecule has 11 heteroatoms. The Morgan fingerprint density at radius 2 is 1.94 bits per heavy atom. The number of nitrogens with zero attached hydrogens (tertiary/aromatic N) is 3. The van der Waals surface area contributed by atoms with E-state index in [9.17, 15) is 22.8 Å². The number of thiazole rings is 1. The van der Waals surface area contributed by atoms with Gasteiger partial charge in [-0.15, -0.1) is 0 Å². The maximum Gasteiger partial charge on any atom is 0.273 e. The maximum absolute atomic E-state index is 12.8. The standard InChI is InChI=1S/C20H20N4O5S2/c1-12(25)18-17(13-5-3-2-4-6-13)21-20(30-18)22-19(27)15-7-8-16(26)24(23-15)14-9-10-31(28,29)11-14/h2-6,14H,7-11H2,1H3,(H,21,22,27)/t14-/m1/s1. The molecule has 4 rings (SSSR count). The number of Topliss-reactive ketones (excluding diaryl/α,β-unsaturated/α-hetero) is 1. The maximum atomic E-state index is 12.8. The normalized spacial score (nSPS) is 20.4. The van der Waals surface area contributed by atoms with Gasteiger partial charge in [0.05, 0.1) is 28.1 Å². The number of carbonyl (C=O) groups excluding carboxylic acids is 3. The lowest BCUT2D eigenvalue weighted by atomic mass is 10.1. The van der Waals surface area contributed by atoms with E-state index in [0.717, 1.165) is 21.9 Å².